The predicted octanol–water partition coefficient (Wildman–Crippen LogP) is 3.20. The number of nitrogens with one attached hydrogen (secondary N) is 1. The molecule has 1 aliphatic rings. The monoisotopic (exact) mass is 478 g/mol. The minimum Gasteiger partial charge on any atom is -0.465 e. The van der Waals surface area contributed by atoms with E-state index in [1.54, 1.807) is 33.2 Å². The lowest BCUT2D eigenvalue weighted by Gasteiger charge is -2.36. The summed E-state index contributed by atoms with van der Waals surface area (Å²) in [5.74, 6) is -0.919. The number of hydrogen-bond acceptors (Lipinski definition) is 6. The van der Waals surface area contributed by atoms with Gasteiger partial charge >= 0.3 is 5.97 Å². The molecular weight excluding hydrogens is 451 g/mol. The van der Waals surface area contributed by atoms with Gasteiger partial charge in [-0.25, -0.2) is 9.18 Å². The molecule has 7 nitrogen and oxygen atoms in total. The molecule has 1 saturated heterocycles. The number of carbonyl (C=O) groups is 2. The summed E-state index contributed by atoms with van der Waals surface area (Å²) >= 11 is 6.81. The van der Waals surface area contributed by atoms with Crippen molar-refractivity contribution in [2.75, 3.05) is 52.7 Å². The second kappa shape index (κ2) is 10.4. The number of halogens is 1. The van der Waals surface area contributed by atoms with Crippen molar-refractivity contribution in [1.82, 2.24) is 14.7 Å². The van der Waals surface area contributed by atoms with Crippen LogP contribution in [-0.4, -0.2) is 79.1 Å². The Morgan fingerprint density at radius 1 is 1.19 bits per heavy atom. The zero-order chi connectivity index (χ0) is 23.4. The van der Waals surface area contributed by atoms with Crippen LogP contribution in [0.15, 0.2) is 24.3 Å². The van der Waals surface area contributed by atoms with E-state index in [-0.39, 0.29) is 11.7 Å². The van der Waals surface area contributed by atoms with Gasteiger partial charge in [0.05, 0.1) is 17.6 Å². The van der Waals surface area contributed by atoms with E-state index in [1.807, 2.05) is 4.90 Å². The molecule has 0 saturated carbocycles. The van der Waals surface area contributed by atoms with Gasteiger partial charge in [-0.05, 0) is 42.4 Å². The van der Waals surface area contributed by atoms with Crippen molar-refractivity contribution in [3.8, 4) is 0 Å². The summed E-state index contributed by atoms with van der Waals surface area (Å²) < 4.78 is 18.0. The maximum absolute atomic E-state index is 13.1. The van der Waals surface area contributed by atoms with Gasteiger partial charge in [0.2, 0.25) is 0 Å². The van der Waals surface area contributed by atoms with Crippen molar-refractivity contribution in [3.63, 3.8) is 0 Å². The number of methoxy groups -OCH3 is 1. The SMILES string of the molecule is COC(=O)c1c(NC(=S)N2CCN(Cc3ccc(F)cc3)CC2)sc(C(=O)N(C)C)c1C. The molecule has 2 heterocycles. The maximum atomic E-state index is 13.1. The predicted molar refractivity (Wildman–Crippen MR) is 128 cm³/mol. The molecular formula is C22H27FN4O3S2. The fourth-order valence-electron chi connectivity index (χ4n) is 3.49. The molecule has 0 bridgehead atoms. The van der Waals surface area contributed by atoms with Crippen LogP contribution in [0.1, 0.15) is 31.2 Å². The average molecular weight is 479 g/mol. The highest BCUT2D eigenvalue weighted by Gasteiger charge is 2.28. The molecule has 1 fully saturated rings. The Bertz CT molecular complexity index is 999. The van der Waals surface area contributed by atoms with Gasteiger partial charge in [-0.1, -0.05) is 12.1 Å². The van der Waals surface area contributed by atoms with Gasteiger partial charge in [0.1, 0.15) is 10.8 Å². The zero-order valence-corrected chi connectivity index (χ0v) is 20.2. The fourth-order valence-corrected chi connectivity index (χ4v) is 5.05. The van der Waals surface area contributed by atoms with Crippen LogP contribution < -0.4 is 5.32 Å². The van der Waals surface area contributed by atoms with E-state index in [1.165, 1.54) is 35.5 Å². The number of piperazine rings is 1. The highest BCUT2D eigenvalue weighted by Crippen LogP contribution is 2.34. The van der Waals surface area contributed by atoms with E-state index >= 15 is 0 Å². The Morgan fingerprint density at radius 2 is 1.81 bits per heavy atom. The number of rotatable bonds is 5. The minimum absolute atomic E-state index is 0.175. The molecule has 1 aromatic carbocycles. The fraction of sp³-hybridized carbons (Fsp3) is 0.409. The molecule has 0 radical (unpaired) electrons. The van der Waals surface area contributed by atoms with Crippen LogP contribution >= 0.6 is 23.6 Å². The summed E-state index contributed by atoms with van der Waals surface area (Å²) in [6.45, 7) is 5.53. The van der Waals surface area contributed by atoms with Crippen molar-refractivity contribution < 1.29 is 18.7 Å². The number of carbonyl (C=O) groups excluding carboxylic acids is 2. The summed E-state index contributed by atoms with van der Waals surface area (Å²) in [6.07, 6.45) is 0. The number of benzene rings is 1. The van der Waals surface area contributed by atoms with Crippen molar-refractivity contribution in [2.24, 2.45) is 0 Å². The Kier molecular flexibility index (Phi) is 7.81. The van der Waals surface area contributed by atoms with Crippen LogP contribution in [0.5, 0.6) is 0 Å². The second-order valence-electron chi connectivity index (χ2n) is 7.77. The molecule has 0 unspecified atom stereocenters. The first kappa shape index (κ1) is 24.1. The summed E-state index contributed by atoms with van der Waals surface area (Å²) in [7, 11) is 4.65. The van der Waals surface area contributed by atoms with Gasteiger partial charge in [-0.3, -0.25) is 9.69 Å². The first-order valence-corrected chi connectivity index (χ1v) is 11.4. The minimum atomic E-state index is -0.508. The highest BCUT2D eigenvalue weighted by molar-refractivity contribution is 7.80. The Hall–Kier alpha value is -2.56. The first-order valence-electron chi connectivity index (χ1n) is 10.2. The third kappa shape index (κ3) is 5.43. The van der Waals surface area contributed by atoms with E-state index in [9.17, 15) is 14.0 Å². The molecule has 2 aromatic rings. The summed E-state index contributed by atoms with van der Waals surface area (Å²) in [5, 5.41) is 4.18. The Labute approximate surface area is 196 Å². The number of esters is 1. The van der Waals surface area contributed by atoms with Gasteiger partial charge < -0.3 is 19.9 Å². The van der Waals surface area contributed by atoms with Crippen molar-refractivity contribution >= 4 is 45.5 Å². The summed E-state index contributed by atoms with van der Waals surface area (Å²) in [4.78, 5) is 31.2. The van der Waals surface area contributed by atoms with Crippen LogP contribution in [0.3, 0.4) is 0 Å². The van der Waals surface area contributed by atoms with Crippen LogP contribution in [0.25, 0.3) is 0 Å². The number of ether oxygens (including phenoxy) is 1. The van der Waals surface area contributed by atoms with Crippen LogP contribution in [0, 0.1) is 12.7 Å². The van der Waals surface area contributed by atoms with E-state index in [4.69, 9.17) is 17.0 Å². The van der Waals surface area contributed by atoms with Crippen molar-refractivity contribution in [1.29, 1.82) is 0 Å². The maximum Gasteiger partial charge on any atom is 0.341 e. The summed E-state index contributed by atoms with van der Waals surface area (Å²) in [5.41, 5.74) is 1.98. The number of thiocarbonyl (C=S) groups is 1. The molecule has 32 heavy (non-hydrogen) atoms. The third-order valence-electron chi connectivity index (χ3n) is 5.34. The molecule has 3 rings (SSSR count). The lowest BCUT2D eigenvalue weighted by atomic mass is 10.1. The van der Waals surface area contributed by atoms with Crippen molar-refractivity contribution in [2.45, 2.75) is 13.5 Å². The molecule has 10 heteroatoms. The van der Waals surface area contributed by atoms with Gasteiger partial charge in [0.25, 0.3) is 5.91 Å². The molecule has 1 aromatic heterocycles. The van der Waals surface area contributed by atoms with E-state index in [0.29, 0.717) is 39.2 Å². The Balaban J connectivity index is 1.67. The summed E-state index contributed by atoms with van der Waals surface area (Å²) in [6, 6.07) is 6.55. The van der Waals surface area contributed by atoms with Crippen LogP contribution in [0.4, 0.5) is 9.39 Å². The molecule has 0 atom stereocenters. The third-order valence-corrected chi connectivity index (χ3v) is 6.89. The molecule has 1 aliphatic heterocycles. The zero-order valence-electron chi connectivity index (χ0n) is 18.6. The highest BCUT2D eigenvalue weighted by atomic mass is 32.1. The second-order valence-corrected chi connectivity index (χ2v) is 9.18. The molecule has 0 aliphatic carbocycles. The van der Waals surface area contributed by atoms with Gasteiger partial charge in [-0.15, -0.1) is 11.3 Å². The Morgan fingerprint density at radius 3 is 2.38 bits per heavy atom. The number of hydrogen-bond donors (Lipinski definition) is 1. The largest absolute Gasteiger partial charge is 0.465 e. The van der Waals surface area contributed by atoms with Crippen LogP contribution in [-0.2, 0) is 11.3 Å². The lowest BCUT2D eigenvalue weighted by molar-refractivity contribution is 0.0601. The van der Waals surface area contributed by atoms with Crippen molar-refractivity contribution in [3.05, 3.63) is 51.7 Å². The van der Waals surface area contributed by atoms with E-state index in [0.717, 1.165) is 25.2 Å². The first-order chi connectivity index (χ1) is 15.2. The lowest BCUT2D eigenvalue weighted by Crippen LogP contribution is -2.49. The normalized spacial score (nSPS) is 14.2. The van der Waals surface area contributed by atoms with Gasteiger partial charge in [-0.2, -0.15) is 0 Å². The molecule has 0 spiro atoms. The van der Waals surface area contributed by atoms with E-state index < -0.39 is 5.97 Å². The molecule has 1 N–H and O–H groups in total. The average Bonchev–Trinajstić information content (AvgIpc) is 3.10. The topological polar surface area (TPSA) is 65.1 Å². The number of anilines is 1. The number of nitrogens with zero attached hydrogens (tertiary/aromatic N) is 3. The van der Waals surface area contributed by atoms with Gasteiger partial charge in [0, 0.05) is 46.8 Å². The van der Waals surface area contributed by atoms with E-state index in [2.05, 4.69) is 10.2 Å². The van der Waals surface area contributed by atoms with Crippen LogP contribution in [0.2, 0.25) is 0 Å². The quantitative estimate of drug-likeness (QED) is 0.523. The number of amides is 1. The number of thiophene rings is 1. The molecule has 1 amide bonds. The molecule has 172 valence electrons. The smallest absolute Gasteiger partial charge is 0.341 e. The standard InChI is InChI=1S/C22H27FN4O3S2/c1-14-17(21(29)30-4)19(32-18(14)20(28)25(2)3)24-22(31)27-11-9-26(10-12-27)13-15-5-7-16(23)8-6-15/h5-8H,9-13H2,1-4H3,(H,24,31). The van der Waals surface area contributed by atoms with Gasteiger partial charge in [0.15, 0.2) is 5.11 Å².